The summed E-state index contributed by atoms with van der Waals surface area (Å²) in [5.74, 6) is 0.809. The molecule has 0 bridgehead atoms. The lowest BCUT2D eigenvalue weighted by Crippen LogP contribution is -2.42. The molecule has 2 rings (SSSR count). The van der Waals surface area contributed by atoms with Gasteiger partial charge in [0.25, 0.3) is 0 Å². The first-order chi connectivity index (χ1) is 7.85. The van der Waals surface area contributed by atoms with Crippen molar-refractivity contribution in [3.05, 3.63) is 0 Å². The zero-order chi connectivity index (χ0) is 11.4. The molecule has 90 valence electrons. The van der Waals surface area contributed by atoms with E-state index < -0.39 is 0 Å². The maximum atomic E-state index is 9.20. The topological polar surface area (TPSA) is 39.1 Å². The Balaban J connectivity index is 1.89. The normalized spacial score (nSPS) is 24.3. The lowest BCUT2D eigenvalue weighted by molar-refractivity contribution is 0.166. The largest absolute Gasteiger partial charge is 0.317 e. The van der Waals surface area contributed by atoms with Gasteiger partial charge in [-0.3, -0.25) is 4.90 Å². The van der Waals surface area contributed by atoms with Crippen molar-refractivity contribution in [2.75, 3.05) is 19.6 Å². The molecule has 1 heterocycles. The standard InChI is InChI=1S/C13H23N3/c1-2-12(9-14)16(13-3-4-13)10-11-5-7-15-8-6-11/h11-13,15H,2-8,10H2,1H3. The average molecular weight is 221 g/mol. The Morgan fingerprint density at radius 2 is 2.00 bits per heavy atom. The summed E-state index contributed by atoms with van der Waals surface area (Å²) in [7, 11) is 0. The highest BCUT2D eigenvalue weighted by Crippen LogP contribution is 2.31. The van der Waals surface area contributed by atoms with Gasteiger partial charge in [0.1, 0.15) is 0 Å². The minimum absolute atomic E-state index is 0.155. The molecule has 3 nitrogen and oxygen atoms in total. The van der Waals surface area contributed by atoms with Crippen LogP contribution in [-0.4, -0.2) is 36.6 Å². The lowest BCUT2D eigenvalue weighted by atomic mass is 9.96. The Bertz CT molecular complexity index is 248. The molecule has 1 unspecified atom stereocenters. The molecule has 2 fully saturated rings. The van der Waals surface area contributed by atoms with Gasteiger partial charge in [0.05, 0.1) is 12.1 Å². The first kappa shape index (κ1) is 11.9. The summed E-state index contributed by atoms with van der Waals surface area (Å²) in [4.78, 5) is 2.48. The van der Waals surface area contributed by atoms with E-state index in [9.17, 15) is 5.26 Å². The monoisotopic (exact) mass is 221 g/mol. The van der Waals surface area contributed by atoms with E-state index >= 15 is 0 Å². The van der Waals surface area contributed by atoms with Crippen molar-refractivity contribution in [3.8, 4) is 6.07 Å². The quantitative estimate of drug-likeness (QED) is 0.769. The predicted molar refractivity (Wildman–Crippen MR) is 65.0 cm³/mol. The third-order valence-electron chi connectivity index (χ3n) is 3.88. The van der Waals surface area contributed by atoms with Gasteiger partial charge in [-0.25, -0.2) is 0 Å². The molecule has 0 radical (unpaired) electrons. The van der Waals surface area contributed by atoms with E-state index in [1.165, 1.54) is 25.7 Å². The van der Waals surface area contributed by atoms with Crippen molar-refractivity contribution < 1.29 is 0 Å². The van der Waals surface area contributed by atoms with Gasteiger partial charge < -0.3 is 5.32 Å². The fourth-order valence-electron chi connectivity index (χ4n) is 2.70. The molecular weight excluding hydrogens is 198 g/mol. The smallest absolute Gasteiger partial charge is 0.0977 e. The van der Waals surface area contributed by atoms with Crippen LogP contribution in [0.15, 0.2) is 0 Å². The van der Waals surface area contributed by atoms with Crippen molar-refractivity contribution in [1.29, 1.82) is 5.26 Å². The van der Waals surface area contributed by atoms with E-state index in [0.717, 1.165) is 38.0 Å². The maximum Gasteiger partial charge on any atom is 0.0977 e. The SMILES string of the molecule is CCC(C#N)N(CC1CCNCC1)C1CC1. The Morgan fingerprint density at radius 3 is 2.50 bits per heavy atom. The maximum absolute atomic E-state index is 9.20. The molecule has 3 heteroatoms. The third-order valence-corrected chi connectivity index (χ3v) is 3.88. The van der Waals surface area contributed by atoms with Crippen LogP contribution in [0.25, 0.3) is 0 Å². The van der Waals surface area contributed by atoms with Gasteiger partial charge in [-0.2, -0.15) is 5.26 Å². The number of rotatable bonds is 5. The second-order valence-corrected chi connectivity index (χ2v) is 5.17. The summed E-state index contributed by atoms with van der Waals surface area (Å²) in [6.07, 6.45) is 6.15. The van der Waals surface area contributed by atoms with Crippen LogP contribution in [0.5, 0.6) is 0 Å². The van der Waals surface area contributed by atoms with Gasteiger partial charge in [0.15, 0.2) is 0 Å². The summed E-state index contributed by atoms with van der Waals surface area (Å²) in [5.41, 5.74) is 0. The second-order valence-electron chi connectivity index (χ2n) is 5.17. The number of nitrogens with one attached hydrogen (secondary N) is 1. The Morgan fingerprint density at radius 1 is 1.31 bits per heavy atom. The fraction of sp³-hybridized carbons (Fsp3) is 0.923. The van der Waals surface area contributed by atoms with E-state index in [0.29, 0.717) is 0 Å². The van der Waals surface area contributed by atoms with Gasteiger partial charge in [-0.05, 0) is 51.1 Å². The fourth-order valence-corrected chi connectivity index (χ4v) is 2.70. The molecule has 0 aromatic heterocycles. The minimum atomic E-state index is 0.155. The van der Waals surface area contributed by atoms with Gasteiger partial charge in [-0.1, -0.05) is 6.92 Å². The summed E-state index contributed by atoms with van der Waals surface area (Å²) >= 11 is 0. The zero-order valence-corrected chi connectivity index (χ0v) is 10.3. The molecule has 0 aromatic carbocycles. The summed E-state index contributed by atoms with van der Waals surface area (Å²) in [5, 5.41) is 12.6. The highest BCUT2D eigenvalue weighted by molar-refractivity contribution is 4.98. The van der Waals surface area contributed by atoms with Gasteiger partial charge in [-0.15, -0.1) is 0 Å². The minimum Gasteiger partial charge on any atom is -0.317 e. The molecule has 1 saturated heterocycles. The molecule has 1 aliphatic carbocycles. The van der Waals surface area contributed by atoms with Gasteiger partial charge in [0.2, 0.25) is 0 Å². The van der Waals surface area contributed by atoms with Crippen molar-refractivity contribution in [1.82, 2.24) is 10.2 Å². The molecule has 1 atom stereocenters. The first-order valence-electron chi connectivity index (χ1n) is 6.71. The molecule has 0 amide bonds. The number of nitrogens with zero attached hydrogens (tertiary/aromatic N) is 2. The Hall–Kier alpha value is -0.590. The Kier molecular flexibility index (Phi) is 4.20. The summed E-state index contributed by atoms with van der Waals surface area (Å²) in [6, 6.07) is 3.35. The highest BCUT2D eigenvalue weighted by Gasteiger charge is 2.34. The molecule has 1 N–H and O–H groups in total. The lowest BCUT2D eigenvalue weighted by Gasteiger charge is -2.32. The second kappa shape index (κ2) is 5.65. The van der Waals surface area contributed by atoms with Crippen LogP contribution < -0.4 is 5.32 Å². The molecule has 16 heavy (non-hydrogen) atoms. The van der Waals surface area contributed by atoms with Crippen LogP contribution in [-0.2, 0) is 0 Å². The van der Waals surface area contributed by atoms with Crippen LogP contribution in [0.1, 0.15) is 39.0 Å². The number of hydrogen-bond acceptors (Lipinski definition) is 3. The van der Waals surface area contributed by atoms with Crippen LogP contribution in [0.3, 0.4) is 0 Å². The van der Waals surface area contributed by atoms with E-state index in [1.54, 1.807) is 0 Å². The predicted octanol–water partition coefficient (Wildman–Crippen LogP) is 1.75. The molecule has 0 spiro atoms. The van der Waals surface area contributed by atoms with Crippen LogP contribution >= 0.6 is 0 Å². The van der Waals surface area contributed by atoms with E-state index in [1.807, 2.05) is 0 Å². The van der Waals surface area contributed by atoms with Crippen LogP contribution in [0.4, 0.5) is 0 Å². The summed E-state index contributed by atoms with van der Waals surface area (Å²) in [6.45, 7) is 5.60. The van der Waals surface area contributed by atoms with Gasteiger partial charge >= 0.3 is 0 Å². The van der Waals surface area contributed by atoms with Crippen molar-refractivity contribution in [2.24, 2.45) is 5.92 Å². The molecule has 1 saturated carbocycles. The van der Waals surface area contributed by atoms with E-state index in [4.69, 9.17) is 0 Å². The van der Waals surface area contributed by atoms with Crippen molar-refractivity contribution in [3.63, 3.8) is 0 Å². The van der Waals surface area contributed by atoms with Crippen LogP contribution in [0.2, 0.25) is 0 Å². The van der Waals surface area contributed by atoms with Crippen molar-refractivity contribution in [2.45, 2.75) is 51.1 Å². The molecule has 0 aromatic rings. The summed E-state index contributed by atoms with van der Waals surface area (Å²) < 4.78 is 0. The van der Waals surface area contributed by atoms with E-state index in [2.05, 4.69) is 23.2 Å². The number of nitriles is 1. The number of hydrogen-bond donors (Lipinski definition) is 1. The Labute approximate surface area is 98.8 Å². The van der Waals surface area contributed by atoms with Gasteiger partial charge in [0, 0.05) is 12.6 Å². The van der Waals surface area contributed by atoms with Crippen molar-refractivity contribution >= 4 is 0 Å². The molecule has 2 aliphatic rings. The molecule has 1 aliphatic heterocycles. The van der Waals surface area contributed by atoms with Crippen LogP contribution in [0, 0.1) is 17.2 Å². The average Bonchev–Trinajstić information content (AvgIpc) is 3.14. The third kappa shape index (κ3) is 2.96. The first-order valence-corrected chi connectivity index (χ1v) is 6.71. The number of piperidine rings is 1. The van der Waals surface area contributed by atoms with E-state index in [-0.39, 0.29) is 6.04 Å². The zero-order valence-electron chi connectivity index (χ0n) is 10.3. The molecular formula is C13H23N3. The highest BCUT2D eigenvalue weighted by atomic mass is 15.2.